The molecule has 0 saturated heterocycles. The Labute approximate surface area is 136 Å². The van der Waals surface area contributed by atoms with Gasteiger partial charge in [-0.05, 0) is 36.4 Å². The maximum atomic E-state index is 12.1. The number of para-hydroxylation sites is 1. The second kappa shape index (κ2) is 7.29. The Morgan fingerprint density at radius 1 is 1.00 bits per heavy atom. The largest absolute Gasteiger partial charge is 0.384 e. The second-order valence-electron chi connectivity index (χ2n) is 4.35. The van der Waals surface area contributed by atoms with Crippen molar-refractivity contribution in [2.45, 2.75) is 0 Å². The van der Waals surface area contributed by atoms with Gasteiger partial charge in [-0.15, -0.1) is 0 Å². The highest BCUT2D eigenvalue weighted by molar-refractivity contribution is 9.10. The standard InChI is InChI=1S/C16H13BrN4O/c17-11-6-8-13(9-7-11)20-15(19)14(10-18)16(22)21-12-4-2-1-3-5-12/h1-9,20H,19H2,(H,21,22)/b15-14-. The van der Waals surface area contributed by atoms with E-state index >= 15 is 0 Å². The van der Waals surface area contributed by atoms with E-state index in [-0.39, 0.29) is 11.4 Å². The van der Waals surface area contributed by atoms with E-state index in [0.717, 1.165) is 4.47 Å². The van der Waals surface area contributed by atoms with Crippen LogP contribution in [0.25, 0.3) is 0 Å². The SMILES string of the molecule is N#C/C(C(=O)Nc1ccccc1)=C(\N)Nc1ccc(Br)cc1. The Bertz CT molecular complexity index is 733. The molecule has 2 aromatic carbocycles. The smallest absolute Gasteiger partial charge is 0.270 e. The molecule has 0 unspecified atom stereocenters. The van der Waals surface area contributed by atoms with Crippen molar-refractivity contribution in [3.05, 3.63) is 70.5 Å². The third-order valence-corrected chi connectivity index (χ3v) is 3.29. The van der Waals surface area contributed by atoms with Gasteiger partial charge in [0.1, 0.15) is 11.9 Å². The summed E-state index contributed by atoms with van der Waals surface area (Å²) in [5, 5.41) is 14.6. The number of rotatable bonds is 4. The van der Waals surface area contributed by atoms with E-state index in [9.17, 15) is 10.1 Å². The Hall–Kier alpha value is -2.78. The van der Waals surface area contributed by atoms with Crippen LogP contribution in [0, 0.1) is 11.3 Å². The van der Waals surface area contributed by atoms with Crippen LogP contribution < -0.4 is 16.4 Å². The monoisotopic (exact) mass is 356 g/mol. The van der Waals surface area contributed by atoms with Crippen LogP contribution in [-0.4, -0.2) is 5.91 Å². The van der Waals surface area contributed by atoms with Gasteiger partial charge in [-0.25, -0.2) is 0 Å². The number of carbonyl (C=O) groups excluding carboxylic acids is 1. The topological polar surface area (TPSA) is 90.9 Å². The third kappa shape index (κ3) is 4.11. The molecule has 1 amide bonds. The maximum absolute atomic E-state index is 12.1. The number of nitrogens with zero attached hydrogens (tertiary/aromatic N) is 1. The van der Waals surface area contributed by atoms with Gasteiger partial charge in [0.05, 0.1) is 0 Å². The van der Waals surface area contributed by atoms with Crippen LogP contribution in [0.5, 0.6) is 0 Å². The van der Waals surface area contributed by atoms with Crippen molar-refractivity contribution < 1.29 is 4.79 Å². The van der Waals surface area contributed by atoms with Gasteiger partial charge in [0.25, 0.3) is 5.91 Å². The van der Waals surface area contributed by atoms with Crippen LogP contribution in [0.2, 0.25) is 0 Å². The van der Waals surface area contributed by atoms with E-state index in [4.69, 9.17) is 5.73 Å². The summed E-state index contributed by atoms with van der Waals surface area (Å²) in [6.45, 7) is 0. The van der Waals surface area contributed by atoms with Gasteiger partial charge in [-0.1, -0.05) is 34.1 Å². The average molecular weight is 357 g/mol. The highest BCUT2D eigenvalue weighted by atomic mass is 79.9. The number of benzene rings is 2. The highest BCUT2D eigenvalue weighted by Crippen LogP contribution is 2.16. The molecule has 0 spiro atoms. The van der Waals surface area contributed by atoms with Crippen molar-refractivity contribution in [1.82, 2.24) is 0 Å². The molecule has 5 nitrogen and oxygen atoms in total. The van der Waals surface area contributed by atoms with Crippen molar-refractivity contribution in [2.75, 3.05) is 10.6 Å². The van der Waals surface area contributed by atoms with Gasteiger partial charge < -0.3 is 16.4 Å². The molecule has 0 aromatic heterocycles. The Morgan fingerprint density at radius 3 is 2.18 bits per heavy atom. The molecule has 0 bridgehead atoms. The summed E-state index contributed by atoms with van der Waals surface area (Å²) in [6.07, 6.45) is 0. The molecular formula is C16H13BrN4O. The normalized spacial score (nSPS) is 11.1. The van der Waals surface area contributed by atoms with E-state index < -0.39 is 5.91 Å². The fourth-order valence-electron chi connectivity index (χ4n) is 1.70. The Morgan fingerprint density at radius 2 is 1.59 bits per heavy atom. The molecule has 2 rings (SSSR count). The zero-order valence-electron chi connectivity index (χ0n) is 11.5. The van der Waals surface area contributed by atoms with E-state index in [1.807, 2.05) is 24.3 Å². The first-order chi connectivity index (χ1) is 10.6. The van der Waals surface area contributed by atoms with E-state index in [1.165, 1.54) is 0 Å². The van der Waals surface area contributed by atoms with Gasteiger partial charge >= 0.3 is 0 Å². The molecule has 6 heteroatoms. The van der Waals surface area contributed by atoms with Crippen molar-refractivity contribution >= 4 is 33.2 Å². The summed E-state index contributed by atoms with van der Waals surface area (Å²) in [4.78, 5) is 12.1. The molecule has 0 fully saturated rings. The second-order valence-corrected chi connectivity index (χ2v) is 5.27. The minimum atomic E-state index is -0.559. The van der Waals surface area contributed by atoms with Crippen LogP contribution in [0.15, 0.2) is 70.5 Å². The Balaban J connectivity index is 2.16. The lowest BCUT2D eigenvalue weighted by Crippen LogP contribution is -2.21. The molecule has 0 saturated carbocycles. The number of hydrogen-bond donors (Lipinski definition) is 3. The molecule has 0 radical (unpaired) electrons. The number of halogens is 1. The zero-order chi connectivity index (χ0) is 15.9. The lowest BCUT2D eigenvalue weighted by molar-refractivity contribution is -0.112. The molecule has 0 aliphatic rings. The lowest BCUT2D eigenvalue weighted by Gasteiger charge is -2.09. The minimum absolute atomic E-state index is 0.00162. The fraction of sp³-hybridized carbons (Fsp3) is 0. The molecule has 22 heavy (non-hydrogen) atoms. The number of nitrogens with two attached hydrogens (primary N) is 1. The maximum Gasteiger partial charge on any atom is 0.270 e. The third-order valence-electron chi connectivity index (χ3n) is 2.76. The predicted molar refractivity (Wildman–Crippen MR) is 89.7 cm³/mol. The van der Waals surface area contributed by atoms with Crippen LogP contribution in [0.3, 0.4) is 0 Å². The zero-order valence-corrected chi connectivity index (χ0v) is 13.1. The van der Waals surface area contributed by atoms with Crippen molar-refractivity contribution in [2.24, 2.45) is 5.73 Å². The number of anilines is 2. The van der Waals surface area contributed by atoms with Crippen molar-refractivity contribution in [3.63, 3.8) is 0 Å². The van der Waals surface area contributed by atoms with Gasteiger partial charge in [-0.2, -0.15) is 5.26 Å². The van der Waals surface area contributed by atoms with Crippen LogP contribution in [0.1, 0.15) is 0 Å². The van der Waals surface area contributed by atoms with Gasteiger partial charge in [-0.3, -0.25) is 4.79 Å². The summed E-state index contributed by atoms with van der Waals surface area (Å²) >= 11 is 3.33. The summed E-state index contributed by atoms with van der Waals surface area (Å²) < 4.78 is 0.919. The molecule has 0 atom stereocenters. The summed E-state index contributed by atoms with van der Waals surface area (Å²) in [7, 11) is 0. The molecule has 2 aromatic rings. The first kappa shape index (κ1) is 15.6. The predicted octanol–water partition coefficient (Wildman–Crippen LogP) is 3.19. The van der Waals surface area contributed by atoms with Crippen molar-refractivity contribution in [3.8, 4) is 6.07 Å². The molecular weight excluding hydrogens is 344 g/mol. The average Bonchev–Trinajstić information content (AvgIpc) is 2.51. The number of carbonyl (C=O) groups is 1. The summed E-state index contributed by atoms with van der Waals surface area (Å²) in [5.74, 6) is -0.561. The lowest BCUT2D eigenvalue weighted by atomic mass is 10.2. The fourth-order valence-corrected chi connectivity index (χ4v) is 1.96. The first-order valence-corrected chi connectivity index (χ1v) is 7.18. The van der Waals surface area contributed by atoms with Crippen LogP contribution >= 0.6 is 15.9 Å². The molecule has 0 heterocycles. The van der Waals surface area contributed by atoms with E-state index in [1.54, 1.807) is 36.4 Å². The number of hydrogen-bond acceptors (Lipinski definition) is 4. The van der Waals surface area contributed by atoms with Gasteiger partial charge in [0, 0.05) is 15.8 Å². The molecule has 110 valence electrons. The van der Waals surface area contributed by atoms with E-state index in [2.05, 4.69) is 26.6 Å². The number of nitrogens with one attached hydrogen (secondary N) is 2. The van der Waals surface area contributed by atoms with E-state index in [0.29, 0.717) is 11.4 Å². The van der Waals surface area contributed by atoms with Crippen molar-refractivity contribution in [1.29, 1.82) is 5.26 Å². The van der Waals surface area contributed by atoms with Gasteiger partial charge in [0.15, 0.2) is 5.57 Å². The number of nitriles is 1. The van der Waals surface area contributed by atoms with Crippen LogP contribution in [-0.2, 0) is 4.79 Å². The molecule has 4 N–H and O–H groups in total. The van der Waals surface area contributed by atoms with Crippen LogP contribution in [0.4, 0.5) is 11.4 Å². The quantitative estimate of drug-likeness (QED) is 0.579. The molecule has 0 aliphatic heterocycles. The highest BCUT2D eigenvalue weighted by Gasteiger charge is 2.14. The first-order valence-electron chi connectivity index (χ1n) is 6.39. The Kier molecular flexibility index (Phi) is 5.17. The molecule has 0 aliphatic carbocycles. The summed E-state index contributed by atoms with van der Waals surface area (Å²) in [6, 6.07) is 17.9. The minimum Gasteiger partial charge on any atom is -0.384 e. The summed E-state index contributed by atoms with van der Waals surface area (Å²) in [5.41, 5.74) is 6.93. The van der Waals surface area contributed by atoms with Gasteiger partial charge in [0.2, 0.25) is 0 Å². The number of amides is 1.